The van der Waals surface area contributed by atoms with Gasteiger partial charge in [0.05, 0.1) is 15.6 Å². The van der Waals surface area contributed by atoms with Gasteiger partial charge < -0.3 is 10.3 Å². The maximum atomic E-state index is 6.20. The molecule has 90 valence electrons. The fourth-order valence-corrected chi connectivity index (χ4v) is 3.03. The minimum atomic E-state index is 0.121. The van der Waals surface area contributed by atoms with E-state index in [2.05, 4.69) is 6.92 Å². The van der Waals surface area contributed by atoms with Crippen LogP contribution in [0.5, 0.6) is 0 Å². The molecule has 0 aromatic carbocycles. The Morgan fingerprint density at radius 2 is 2.13 bits per heavy atom. The van der Waals surface area contributed by atoms with Crippen molar-refractivity contribution in [2.24, 2.45) is 23.1 Å². The van der Waals surface area contributed by atoms with Gasteiger partial charge in [-0.25, -0.2) is 0 Å². The molecule has 3 nitrogen and oxygen atoms in total. The van der Waals surface area contributed by atoms with E-state index in [1.165, 1.54) is 38.5 Å². The van der Waals surface area contributed by atoms with Crippen LogP contribution in [0.25, 0.3) is 0 Å². The Balaban J connectivity index is 2.44. The monoisotopic (exact) mass is 232 g/mol. The van der Waals surface area contributed by atoms with Gasteiger partial charge in [-0.15, -0.1) is 0 Å². The van der Waals surface area contributed by atoms with E-state index in [0.717, 1.165) is 6.61 Å². The van der Waals surface area contributed by atoms with Crippen LogP contribution in [-0.4, -0.2) is 12.6 Å². The molecule has 0 aliphatic heterocycles. The zero-order valence-corrected chi connectivity index (χ0v) is 10.7. The summed E-state index contributed by atoms with van der Waals surface area (Å²) in [4.78, 5) is 0. The molecule has 1 saturated carbocycles. The highest BCUT2D eigenvalue weighted by atomic mass is 31.1. The van der Waals surface area contributed by atoms with Crippen molar-refractivity contribution in [3.8, 4) is 0 Å². The summed E-state index contributed by atoms with van der Waals surface area (Å²) < 4.78 is 5.40. The second-order valence-corrected chi connectivity index (χ2v) is 5.11. The van der Waals surface area contributed by atoms with Gasteiger partial charge in [0.25, 0.3) is 0 Å². The van der Waals surface area contributed by atoms with Gasteiger partial charge in [0.15, 0.2) is 0 Å². The summed E-state index contributed by atoms with van der Waals surface area (Å²) in [5.74, 6) is 1.29. The maximum absolute atomic E-state index is 6.20. The standard InChI is InChI=1S/C11H25N2OP/c1-2-5-9(8-14-15-13)10-6-3-4-7-11(10)12/h9-11,15H,2-8,12-13H2,1H3/t9-,10+,11+/m1/s1. The zero-order valence-electron chi connectivity index (χ0n) is 9.74. The molecule has 0 saturated heterocycles. The fraction of sp³-hybridized carbons (Fsp3) is 1.00. The van der Waals surface area contributed by atoms with E-state index < -0.39 is 0 Å². The number of hydrogen-bond acceptors (Lipinski definition) is 3. The number of hydrogen-bond donors (Lipinski definition) is 2. The lowest BCUT2D eigenvalue weighted by Gasteiger charge is -2.35. The Labute approximate surface area is 95.2 Å². The molecule has 4 atom stereocenters. The highest BCUT2D eigenvalue weighted by molar-refractivity contribution is 7.29. The molecular formula is C11H25N2OP. The fourth-order valence-electron chi connectivity index (χ4n) is 2.72. The molecule has 1 aliphatic rings. The Bertz CT molecular complexity index is 169. The van der Waals surface area contributed by atoms with Gasteiger partial charge in [-0.1, -0.05) is 26.2 Å². The van der Waals surface area contributed by atoms with E-state index in [-0.39, 0.29) is 8.96 Å². The molecular weight excluding hydrogens is 207 g/mol. The van der Waals surface area contributed by atoms with Crippen LogP contribution >= 0.6 is 8.96 Å². The third-order valence-corrected chi connectivity index (χ3v) is 3.85. The molecule has 0 bridgehead atoms. The van der Waals surface area contributed by atoms with Crippen LogP contribution in [0.15, 0.2) is 0 Å². The summed E-state index contributed by atoms with van der Waals surface area (Å²) in [7, 11) is 0.121. The van der Waals surface area contributed by atoms with E-state index >= 15 is 0 Å². The summed E-state index contributed by atoms with van der Waals surface area (Å²) in [6.45, 7) is 3.03. The Hall–Kier alpha value is 0.310. The normalized spacial score (nSPS) is 29.8. The molecule has 1 unspecified atom stereocenters. The Morgan fingerprint density at radius 3 is 2.73 bits per heavy atom. The van der Waals surface area contributed by atoms with Gasteiger partial charge in [0.2, 0.25) is 0 Å². The first-order valence-corrected chi connectivity index (χ1v) is 7.11. The van der Waals surface area contributed by atoms with Crippen LogP contribution in [-0.2, 0) is 4.52 Å². The van der Waals surface area contributed by atoms with Gasteiger partial charge >= 0.3 is 0 Å². The Morgan fingerprint density at radius 1 is 1.40 bits per heavy atom. The molecule has 0 aromatic heterocycles. The van der Waals surface area contributed by atoms with Crippen molar-refractivity contribution in [3.05, 3.63) is 0 Å². The van der Waals surface area contributed by atoms with E-state index in [9.17, 15) is 0 Å². The van der Waals surface area contributed by atoms with Gasteiger partial charge in [-0.2, -0.15) is 0 Å². The van der Waals surface area contributed by atoms with E-state index in [1.54, 1.807) is 0 Å². The van der Waals surface area contributed by atoms with E-state index in [1.807, 2.05) is 0 Å². The quantitative estimate of drug-likeness (QED) is 0.691. The molecule has 0 radical (unpaired) electrons. The molecule has 0 amide bonds. The van der Waals surface area contributed by atoms with Crippen molar-refractivity contribution in [1.82, 2.24) is 0 Å². The molecule has 4 heteroatoms. The van der Waals surface area contributed by atoms with Crippen molar-refractivity contribution in [2.45, 2.75) is 51.5 Å². The van der Waals surface area contributed by atoms with Gasteiger partial charge in [0, 0.05) is 6.04 Å². The van der Waals surface area contributed by atoms with Gasteiger partial charge in [-0.05, 0) is 31.1 Å². The molecule has 0 heterocycles. The van der Waals surface area contributed by atoms with Crippen LogP contribution in [0.4, 0.5) is 0 Å². The molecule has 1 fully saturated rings. The van der Waals surface area contributed by atoms with Crippen LogP contribution < -0.4 is 11.2 Å². The topological polar surface area (TPSA) is 61.3 Å². The van der Waals surface area contributed by atoms with Crippen LogP contribution in [0, 0.1) is 11.8 Å². The third-order valence-electron chi connectivity index (χ3n) is 3.52. The first kappa shape index (κ1) is 13.4. The average Bonchev–Trinajstić information content (AvgIpc) is 2.25. The second-order valence-electron chi connectivity index (χ2n) is 4.59. The number of nitrogens with two attached hydrogens (primary N) is 2. The highest BCUT2D eigenvalue weighted by Gasteiger charge is 2.28. The van der Waals surface area contributed by atoms with Crippen molar-refractivity contribution in [3.63, 3.8) is 0 Å². The van der Waals surface area contributed by atoms with Crippen LogP contribution in [0.2, 0.25) is 0 Å². The maximum Gasteiger partial charge on any atom is 0.0833 e. The summed E-state index contributed by atoms with van der Waals surface area (Å²) in [5, 5.41) is 0. The predicted octanol–water partition coefficient (Wildman–Crippen LogP) is 2.40. The third kappa shape index (κ3) is 4.36. The van der Waals surface area contributed by atoms with Crippen molar-refractivity contribution in [2.75, 3.05) is 6.61 Å². The number of rotatable bonds is 6. The lowest BCUT2D eigenvalue weighted by atomic mass is 9.75. The molecule has 0 aromatic rings. The second kappa shape index (κ2) is 7.56. The van der Waals surface area contributed by atoms with Gasteiger partial charge in [-0.3, -0.25) is 5.50 Å². The van der Waals surface area contributed by atoms with Crippen LogP contribution in [0.3, 0.4) is 0 Å². The summed E-state index contributed by atoms with van der Waals surface area (Å²) in [5.41, 5.74) is 11.6. The molecule has 15 heavy (non-hydrogen) atoms. The first-order chi connectivity index (χ1) is 7.29. The highest BCUT2D eigenvalue weighted by Crippen LogP contribution is 2.32. The summed E-state index contributed by atoms with van der Waals surface area (Å²) >= 11 is 0. The van der Waals surface area contributed by atoms with Crippen molar-refractivity contribution < 1.29 is 4.52 Å². The summed E-state index contributed by atoms with van der Waals surface area (Å²) in [6, 6.07) is 0.389. The SMILES string of the molecule is CCC[C@H](COPN)[C@@H]1CCCC[C@@H]1N. The minimum Gasteiger partial charge on any atom is -0.346 e. The summed E-state index contributed by atoms with van der Waals surface area (Å²) in [6.07, 6.45) is 7.55. The van der Waals surface area contributed by atoms with E-state index in [4.69, 9.17) is 15.8 Å². The molecule has 4 N–H and O–H groups in total. The molecule has 1 rings (SSSR count). The smallest absolute Gasteiger partial charge is 0.0833 e. The predicted molar refractivity (Wildman–Crippen MR) is 66.8 cm³/mol. The zero-order chi connectivity index (χ0) is 11.1. The minimum absolute atomic E-state index is 0.121. The van der Waals surface area contributed by atoms with Crippen LogP contribution in [0.1, 0.15) is 45.4 Å². The van der Waals surface area contributed by atoms with Gasteiger partial charge in [0.1, 0.15) is 0 Å². The first-order valence-electron chi connectivity index (χ1n) is 6.12. The van der Waals surface area contributed by atoms with E-state index in [0.29, 0.717) is 17.9 Å². The van der Waals surface area contributed by atoms with Crippen molar-refractivity contribution >= 4 is 8.96 Å². The largest absolute Gasteiger partial charge is 0.346 e. The molecule has 1 aliphatic carbocycles. The van der Waals surface area contributed by atoms with Crippen molar-refractivity contribution in [1.29, 1.82) is 0 Å². The average molecular weight is 232 g/mol. The lowest BCUT2D eigenvalue weighted by molar-refractivity contribution is 0.147. The Kier molecular flexibility index (Phi) is 6.74. The molecule has 0 spiro atoms. The lowest BCUT2D eigenvalue weighted by Crippen LogP contribution is -2.39.